The van der Waals surface area contributed by atoms with E-state index in [-0.39, 0.29) is 28.3 Å². The van der Waals surface area contributed by atoms with E-state index in [0.717, 1.165) is 43.2 Å². The van der Waals surface area contributed by atoms with Crippen LogP contribution in [0, 0.1) is 22.7 Å². The van der Waals surface area contributed by atoms with Gasteiger partial charge in [0.1, 0.15) is 11.7 Å². The third-order valence-electron chi connectivity index (χ3n) is 11.5. The molecule has 1 aromatic rings. The van der Waals surface area contributed by atoms with Crippen molar-refractivity contribution in [2.24, 2.45) is 22.7 Å². The molecule has 8 rings (SSSR count). The van der Waals surface area contributed by atoms with Crippen LogP contribution in [0.25, 0.3) is 0 Å². The summed E-state index contributed by atoms with van der Waals surface area (Å²) in [7, 11) is 3.56. The van der Waals surface area contributed by atoms with Crippen LogP contribution in [-0.2, 0) is 16.6 Å². The van der Waals surface area contributed by atoms with Gasteiger partial charge in [-0.25, -0.2) is 0 Å². The van der Waals surface area contributed by atoms with Gasteiger partial charge in [0, 0.05) is 36.6 Å². The Bertz CT molecular complexity index is 1120. The van der Waals surface area contributed by atoms with E-state index in [1.165, 1.54) is 30.5 Å². The van der Waals surface area contributed by atoms with Gasteiger partial charge in [0.2, 0.25) is 0 Å². The van der Waals surface area contributed by atoms with Crippen LogP contribution in [0.15, 0.2) is 24.3 Å². The van der Waals surface area contributed by atoms with Crippen molar-refractivity contribution in [1.82, 2.24) is 4.90 Å². The van der Waals surface area contributed by atoms with Gasteiger partial charge in [-0.3, -0.25) is 4.90 Å². The number of nitrogens with zero attached hydrogens (tertiary/aromatic N) is 1. The first-order chi connectivity index (χ1) is 16.6. The van der Waals surface area contributed by atoms with E-state index < -0.39 is 11.2 Å². The highest BCUT2D eigenvalue weighted by atomic mass is 16.6. The molecule has 7 atom stereocenters. The van der Waals surface area contributed by atoms with Crippen molar-refractivity contribution in [3.8, 4) is 11.5 Å². The lowest BCUT2D eigenvalue weighted by Crippen LogP contribution is -2.81. The molecule has 2 heterocycles. The van der Waals surface area contributed by atoms with Crippen molar-refractivity contribution in [3.63, 3.8) is 0 Å². The second-order valence-electron chi connectivity index (χ2n) is 13.6. The molecule has 35 heavy (non-hydrogen) atoms. The predicted octanol–water partition coefficient (Wildman–Crippen LogP) is 4.49. The monoisotopic (exact) mass is 479 g/mol. The predicted molar refractivity (Wildman–Crippen MR) is 135 cm³/mol. The zero-order chi connectivity index (χ0) is 24.6. The van der Waals surface area contributed by atoms with E-state index in [2.05, 4.69) is 50.0 Å². The Kier molecular flexibility index (Phi) is 4.30. The fourth-order valence-electron chi connectivity index (χ4n) is 9.09. The lowest BCUT2D eigenvalue weighted by molar-refractivity contribution is -0.263. The van der Waals surface area contributed by atoms with Crippen LogP contribution in [0.5, 0.6) is 11.5 Å². The molecule has 2 saturated carbocycles. The molecular weight excluding hydrogens is 438 g/mol. The Labute approximate surface area is 209 Å². The highest BCUT2D eigenvalue weighted by Crippen LogP contribution is 2.76. The summed E-state index contributed by atoms with van der Waals surface area (Å²) in [6.07, 6.45) is 10.4. The van der Waals surface area contributed by atoms with E-state index >= 15 is 0 Å². The second kappa shape index (κ2) is 6.65. The molecule has 0 aromatic heterocycles. The lowest BCUT2D eigenvalue weighted by Gasteiger charge is -2.73. The maximum absolute atomic E-state index is 12.2. The lowest BCUT2D eigenvalue weighted by atomic mass is 9.35. The van der Waals surface area contributed by atoms with Gasteiger partial charge >= 0.3 is 0 Å². The first kappa shape index (κ1) is 22.6. The van der Waals surface area contributed by atoms with Crippen molar-refractivity contribution in [2.45, 2.75) is 88.6 Å². The molecule has 0 amide bonds. The van der Waals surface area contributed by atoms with Crippen LogP contribution < -0.4 is 9.47 Å². The van der Waals surface area contributed by atoms with Gasteiger partial charge in [-0.15, -0.1) is 0 Å². The number of piperidine rings is 1. The van der Waals surface area contributed by atoms with Gasteiger partial charge in [-0.1, -0.05) is 39.0 Å². The number of hydrogen-bond acceptors (Lipinski definition) is 5. The van der Waals surface area contributed by atoms with Gasteiger partial charge in [0.25, 0.3) is 0 Å². The Morgan fingerprint density at radius 3 is 2.57 bits per heavy atom. The molecule has 1 saturated heterocycles. The van der Waals surface area contributed by atoms with Crippen LogP contribution in [0.3, 0.4) is 0 Å². The number of benzene rings is 1. The fraction of sp³-hybridized carbons (Fsp3) is 0.733. The molecule has 2 aliphatic heterocycles. The van der Waals surface area contributed by atoms with Crippen LogP contribution in [0.2, 0.25) is 0 Å². The van der Waals surface area contributed by atoms with Gasteiger partial charge in [-0.2, -0.15) is 0 Å². The SMILES string of the molecule is COc1ccc2c3c1O[C@H]1[C@@]4(OC)C=CC5(C[C@@H]4[C@](C)(O)C(C)(C)C)[C@@H](C2)N(CC2CC2)CC[C@]315. The molecular formula is C30H41NO4. The minimum Gasteiger partial charge on any atom is -0.493 e. The summed E-state index contributed by atoms with van der Waals surface area (Å²) in [5.74, 6) is 2.53. The number of hydrogen-bond donors (Lipinski definition) is 1. The summed E-state index contributed by atoms with van der Waals surface area (Å²) in [6, 6.07) is 4.80. The Balaban J connectivity index is 1.49. The Morgan fingerprint density at radius 1 is 1.14 bits per heavy atom. The van der Waals surface area contributed by atoms with Crippen molar-refractivity contribution < 1.29 is 19.3 Å². The molecule has 7 aliphatic rings. The first-order valence-corrected chi connectivity index (χ1v) is 13.6. The third kappa shape index (κ3) is 2.42. The standard InChI is InChI=1S/C30H41NO4/c1-26(2,3)27(4,32)21-16-28-11-12-30(21,34-6)25-29(28)13-14-31(17-18-7-8-18)22(28)15-19-9-10-20(33-5)24(35-25)23(19)29/h9-12,18,21-22,25,32H,7-8,13-17H2,1-6H3/t21-,22-,25-,27+,28?,29+,30-/m1/s1. The maximum Gasteiger partial charge on any atom is 0.166 e. The Hall–Kier alpha value is -1.56. The molecule has 2 spiro atoms. The van der Waals surface area contributed by atoms with E-state index in [9.17, 15) is 5.11 Å². The highest BCUT2D eigenvalue weighted by molar-refractivity contribution is 5.65. The van der Waals surface area contributed by atoms with Gasteiger partial charge in [-0.05, 0) is 68.5 Å². The summed E-state index contributed by atoms with van der Waals surface area (Å²) in [6.45, 7) is 10.8. The van der Waals surface area contributed by atoms with Crippen molar-refractivity contribution in [3.05, 3.63) is 35.4 Å². The minimum absolute atomic E-state index is 0.0756. The summed E-state index contributed by atoms with van der Waals surface area (Å²) >= 11 is 0. The average molecular weight is 480 g/mol. The smallest absolute Gasteiger partial charge is 0.166 e. The number of ether oxygens (including phenoxy) is 3. The summed E-state index contributed by atoms with van der Waals surface area (Å²) in [5, 5.41) is 12.2. The van der Waals surface area contributed by atoms with Gasteiger partial charge in [0.05, 0.1) is 18.1 Å². The molecule has 4 bridgehead atoms. The second-order valence-corrected chi connectivity index (χ2v) is 13.6. The molecule has 1 aromatic carbocycles. The topological polar surface area (TPSA) is 51.2 Å². The Morgan fingerprint density at radius 2 is 1.91 bits per heavy atom. The van der Waals surface area contributed by atoms with Crippen LogP contribution in [0.4, 0.5) is 0 Å². The third-order valence-corrected chi connectivity index (χ3v) is 11.5. The average Bonchev–Trinajstić information content (AvgIpc) is 3.56. The molecule has 1 unspecified atom stereocenters. The van der Waals surface area contributed by atoms with Crippen LogP contribution >= 0.6 is 0 Å². The largest absolute Gasteiger partial charge is 0.493 e. The molecule has 0 radical (unpaired) electrons. The van der Waals surface area contributed by atoms with Crippen molar-refractivity contribution in [2.75, 3.05) is 27.3 Å². The summed E-state index contributed by atoms with van der Waals surface area (Å²) in [5.41, 5.74) is 0.639. The van der Waals surface area contributed by atoms with E-state index in [0.29, 0.717) is 6.04 Å². The molecule has 5 heteroatoms. The normalized spacial score (nSPS) is 42.4. The zero-order valence-electron chi connectivity index (χ0n) is 22.2. The summed E-state index contributed by atoms with van der Waals surface area (Å²) in [4.78, 5) is 2.81. The van der Waals surface area contributed by atoms with Crippen molar-refractivity contribution >= 4 is 0 Å². The molecule has 190 valence electrons. The van der Waals surface area contributed by atoms with Crippen LogP contribution in [-0.4, -0.2) is 60.7 Å². The zero-order valence-corrected chi connectivity index (χ0v) is 22.2. The van der Waals surface area contributed by atoms with Crippen molar-refractivity contribution in [1.29, 1.82) is 0 Å². The van der Waals surface area contributed by atoms with Gasteiger partial charge in [0.15, 0.2) is 11.5 Å². The number of methoxy groups -OCH3 is 2. The van der Waals surface area contributed by atoms with Gasteiger partial charge < -0.3 is 19.3 Å². The van der Waals surface area contributed by atoms with E-state index in [1.54, 1.807) is 7.11 Å². The molecule has 3 fully saturated rings. The highest BCUT2D eigenvalue weighted by Gasteiger charge is 2.81. The summed E-state index contributed by atoms with van der Waals surface area (Å²) < 4.78 is 19.5. The minimum atomic E-state index is -0.930. The number of likely N-dealkylation sites (tertiary alicyclic amines) is 1. The molecule has 5 aliphatic carbocycles. The molecule has 5 nitrogen and oxygen atoms in total. The first-order valence-electron chi connectivity index (χ1n) is 13.6. The van der Waals surface area contributed by atoms with E-state index in [4.69, 9.17) is 14.2 Å². The maximum atomic E-state index is 12.2. The number of aliphatic hydroxyl groups is 1. The molecule has 1 N–H and O–H groups in total. The quantitative estimate of drug-likeness (QED) is 0.631. The van der Waals surface area contributed by atoms with Crippen LogP contribution in [0.1, 0.15) is 64.5 Å². The fourth-order valence-corrected chi connectivity index (χ4v) is 9.09. The number of fused-ring (bicyclic) bond motifs is 1. The number of rotatable bonds is 5. The van der Waals surface area contributed by atoms with E-state index in [1.807, 2.05) is 14.0 Å².